The smallest absolute Gasteiger partial charge is 0.137 e. The van der Waals surface area contributed by atoms with E-state index < -0.39 is 5.60 Å². The van der Waals surface area contributed by atoms with E-state index in [-0.39, 0.29) is 0 Å². The van der Waals surface area contributed by atoms with Crippen molar-refractivity contribution in [3.8, 4) is 5.75 Å². The fourth-order valence-corrected chi connectivity index (χ4v) is 2.41. The van der Waals surface area contributed by atoms with Crippen LogP contribution in [0, 0.1) is 20.8 Å². The summed E-state index contributed by atoms with van der Waals surface area (Å²) >= 11 is 0. The fourth-order valence-electron chi connectivity index (χ4n) is 2.41. The quantitative estimate of drug-likeness (QED) is 0.829. The molecule has 1 aliphatic heterocycles. The van der Waals surface area contributed by atoms with Gasteiger partial charge in [0.1, 0.15) is 11.4 Å². The van der Waals surface area contributed by atoms with E-state index in [2.05, 4.69) is 0 Å². The summed E-state index contributed by atoms with van der Waals surface area (Å²) in [5.41, 5.74) is 3.44. The molecule has 1 N–H and O–H groups in total. The zero-order valence-electron chi connectivity index (χ0n) is 10.3. The number of rotatable bonds is 2. The number of aliphatic hydroxyl groups is 1. The Morgan fingerprint density at radius 1 is 1.25 bits per heavy atom. The molecule has 1 saturated heterocycles. The number of ether oxygens (including phenoxy) is 2. The Morgan fingerprint density at radius 2 is 1.88 bits per heavy atom. The van der Waals surface area contributed by atoms with Crippen molar-refractivity contribution in [2.24, 2.45) is 0 Å². The average molecular weight is 222 g/mol. The topological polar surface area (TPSA) is 38.7 Å². The molecule has 16 heavy (non-hydrogen) atoms. The minimum Gasteiger partial charge on any atom is -0.496 e. The van der Waals surface area contributed by atoms with Crippen molar-refractivity contribution in [3.05, 3.63) is 28.3 Å². The van der Waals surface area contributed by atoms with Gasteiger partial charge in [0.25, 0.3) is 0 Å². The van der Waals surface area contributed by atoms with E-state index in [0.717, 1.165) is 28.0 Å². The first-order chi connectivity index (χ1) is 7.49. The summed E-state index contributed by atoms with van der Waals surface area (Å²) in [6.07, 6.45) is 0. The summed E-state index contributed by atoms with van der Waals surface area (Å²) in [6, 6.07) is 1.98. The van der Waals surface area contributed by atoms with Gasteiger partial charge in [0.2, 0.25) is 0 Å². The van der Waals surface area contributed by atoms with E-state index >= 15 is 0 Å². The van der Waals surface area contributed by atoms with Crippen LogP contribution in [0.3, 0.4) is 0 Å². The molecule has 3 heteroatoms. The third-order valence-electron chi connectivity index (χ3n) is 3.42. The summed E-state index contributed by atoms with van der Waals surface area (Å²) in [7, 11) is 1.67. The number of hydrogen-bond acceptors (Lipinski definition) is 3. The molecule has 88 valence electrons. The molecule has 1 aromatic carbocycles. The highest BCUT2D eigenvalue weighted by atomic mass is 16.5. The molecular weight excluding hydrogens is 204 g/mol. The molecule has 0 amide bonds. The van der Waals surface area contributed by atoms with Crippen molar-refractivity contribution in [2.45, 2.75) is 26.4 Å². The van der Waals surface area contributed by atoms with E-state index in [9.17, 15) is 5.11 Å². The van der Waals surface area contributed by atoms with Gasteiger partial charge in [0, 0.05) is 0 Å². The summed E-state index contributed by atoms with van der Waals surface area (Å²) in [4.78, 5) is 0. The van der Waals surface area contributed by atoms with Crippen LogP contribution in [0.2, 0.25) is 0 Å². The van der Waals surface area contributed by atoms with E-state index in [1.165, 1.54) is 0 Å². The van der Waals surface area contributed by atoms with Gasteiger partial charge in [-0.25, -0.2) is 0 Å². The highest BCUT2D eigenvalue weighted by Gasteiger charge is 2.40. The molecule has 1 aliphatic rings. The van der Waals surface area contributed by atoms with Gasteiger partial charge in [-0.2, -0.15) is 0 Å². The molecule has 0 spiro atoms. The molecule has 0 aliphatic carbocycles. The van der Waals surface area contributed by atoms with Crippen LogP contribution in [-0.4, -0.2) is 25.4 Å². The lowest BCUT2D eigenvalue weighted by Gasteiger charge is -2.39. The summed E-state index contributed by atoms with van der Waals surface area (Å²) < 4.78 is 10.4. The van der Waals surface area contributed by atoms with Crippen LogP contribution in [-0.2, 0) is 10.3 Å². The highest BCUT2D eigenvalue weighted by molar-refractivity contribution is 5.51. The number of benzene rings is 1. The van der Waals surface area contributed by atoms with E-state index in [4.69, 9.17) is 9.47 Å². The molecule has 0 unspecified atom stereocenters. The monoisotopic (exact) mass is 222 g/mol. The molecule has 0 atom stereocenters. The first-order valence-corrected chi connectivity index (χ1v) is 5.45. The molecule has 0 bridgehead atoms. The third-order valence-corrected chi connectivity index (χ3v) is 3.42. The van der Waals surface area contributed by atoms with Crippen molar-refractivity contribution in [3.63, 3.8) is 0 Å². The zero-order valence-corrected chi connectivity index (χ0v) is 10.3. The molecule has 1 heterocycles. The third kappa shape index (κ3) is 1.51. The molecule has 0 saturated carbocycles. The fraction of sp³-hybridized carbons (Fsp3) is 0.538. The molecular formula is C13H18O3. The maximum absolute atomic E-state index is 10.4. The number of aryl methyl sites for hydroxylation is 1. The van der Waals surface area contributed by atoms with Gasteiger partial charge in [0.15, 0.2) is 0 Å². The average Bonchev–Trinajstić information content (AvgIpc) is 2.21. The second-order valence-corrected chi connectivity index (χ2v) is 4.55. The Bertz CT molecular complexity index is 420. The largest absolute Gasteiger partial charge is 0.496 e. The highest BCUT2D eigenvalue weighted by Crippen LogP contribution is 2.38. The van der Waals surface area contributed by atoms with Gasteiger partial charge in [0.05, 0.1) is 20.3 Å². The van der Waals surface area contributed by atoms with Crippen LogP contribution in [0.5, 0.6) is 5.75 Å². The van der Waals surface area contributed by atoms with E-state index in [1.54, 1.807) is 7.11 Å². The van der Waals surface area contributed by atoms with E-state index in [0.29, 0.717) is 13.2 Å². The first kappa shape index (κ1) is 11.4. The van der Waals surface area contributed by atoms with Gasteiger partial charge in [-0.3, -0.25) is 0 Å². The zero-order chi connectivity index (χ0) is 11.9. The van der Waals surface area contributed by atoms with Crippen LogP contribution in [0.15, 0.2) is 6.07 Å². The van der Waals surface area contributed by atoms with Crippen molar-refractivity contribution in [1.29, 1.82) is 0 Å². The molecule has 3 nitrogen and oxygen atoms in total. The number of methoxy groups -OCH3 is 1. The Hall–Kier alpha value is -1.06. The number of hydrogen-bond donors (Lipinski definition) is 1. The molecule has 1 fully saturated rings. The van der Waals surface area contributed by atoms with Gasteiger partial charge in [-0.1, -0.05) is 0 Å². The van der Waals surface area contributed by atoms with Crippen molar-refractivity contribution < 1.29 is 14.6 Å². The maximum atomic E-state index is 10.4. The van der Waals surface area contributed by atoms with Crippen LogP contribution in [0.1, 0.15) is 22.3 Å². The lowest BCUT2D eigenvalue weighted by Crippen LogP contribution is -2.47. The Labute approximate surface area is 96.0 Å². The molecule has 2 rings (SSSR count). The van der Waals surface area contributed by atoms with Crippen LogP contribution < -0.4 is 4.74 Å². The van der Waals surface area contributed by atoms with Gasteiger partial charge in [-0.15, -0.1) is 0 Å². The predicted molar refractivity (Wildman–Crippen MR) is 61.9 cm³/mol. The normalized spacial score (nSPS) is 18.1. The second kappa shape index (κ2) is 3.75. The van der Waals surface area contributed by atoms with Gasteiger partial charge >= 0.3 is 0 Å². The predicted octanol–water partition coefficient (Wildman–Crippen LogP) is 1.84. The first-order valence-electron chi connectivity index (χ1n) is 5.45. The van der Waals surface area contributed by atoms with Crippen LogP contribution in [0.25, 0.3) is 0 Å². The molecule has 1 aromatic rings. The van der Waals surface area contributed by atoms with Crippen molar-refractivity contribution >= 4 is 0 Å². The Balaban J connectivity index is 2.58. The van der Waals surface area contributed by atoms with Crippen molar-refractivity contribution in [1.82, 2.24) is 0 Å². The lowest BCUT2D eigenvalue weighted by atomic mass is 9.83. The van der Waals surface area contributed by atoms with E-state index in [1.807, 2.05) is 26.8 Å². The minimum atomic E-state index is -0.800. The molecule has 0 radical (unpaired) electrons. The van der Waals surface area contributed by atoms with Crippen LogP contribution >= 0.6 is 0 Å². The summed E-state index contributed by atoms with van der Waals surface area (Å²) in [6.45, 7) is 6.82. The minimum absolute atomic E-state index is 0.389. The lowest BCUT2D eigenvalue weighted by molar-refractivity contribution is -0.185. The Morgan fingerprint density at radius 3 is 2.31 bits per heavy atom. The SMILES string of the molecule is COc1cc(C)c(C2(O)COC2)c(C)c1C. The van der Waals surface area contributed by atoms with Gasteiger partial charge < -0.3 is 14.6 Å². The molecule has 0 aromatic heterocycles. The van der Waals surface area contributed by atoms with Crippen molar-refractivity contribution in [2.75, 3.05) is 20.3 Å². The second-order valence-electron chi connectivity index (χ2n) is 4.55. The van der Waals surface area contributed by atoms with Gasteiger partial charge in [-0.05, 0) is 49.1 Å². The standard InChI is InChI=1S/C13H18O3/c1-8-5-11(15-4)9(2)10(3)12(8)13(14)6-16-7-13/h5,14H,6-7H2,1-4H3. The summed E-state index contributed by atoms with van der Waals surface area (Å²) in [5.74, 6) is 0.877. The maximum Gasteiger partial charge on any atom is 0.137 e. The summed E-state index contributed by atoms with van der Waals surface area (Å²) in [5, 5.41) is 10.4. The van der Waals surface area contributed by atoms with Crippen LogP contribution in [0.4, 0.5) is 0 Å². The Kier molecular flexibility index (Phi) is 2.68.